The van der Waals surface area contributed by atoms with Gasteiger partial charge in [-0.15, -0.1) is 11.3 Å². The van der Waals surface area contributed by atoms with Gasteiger partial charge in [-0.1, -0.05) is 6.92 Å². The third-order valence-electron chi connectivity index (χ3n) is 3.45. The molecule has 0 aromatic carbocycles. The van der Waals surface area contributed by atoms with Gasteiger partial charge in [0.2, 0.25) is 0 Å². The lowest BCUT2D eigenvalue weighted by Gasteiger charge is -2.27. The molecule has 20 heavy (non-hydrogen) atoms. The number of likely N-dealkylation sites (N-methyl/N-ethyl adjacent to an activating group) is 1. The number of hydrogen-bond donors (Lipinski definition) is 1. The Morgan fingerprint density at radius 2 is 2.10 bits per heavy atom. The SMILES string of the molecule is CCc1nc(CCN(C)C)sc1C(=O)N1CCNCC1. The van der Waals surface area contributed by atoms with E-state index in [0.717, 1.165) is 61.1 Å². The summed E-state index contributed by atoms with van der Waals surface area (Å²) in [6, 6.07) is 0. The van der Waals surface area contributed by atoms with E-state index in [4.69, 9.17) is 0 Å². The van der Waals surface area contributed by atoms with Crippen molar-refractivity contribution in [2.75, 3.05) is 46.8 Å². The van der Waals surface area contributed by atoms with Crippen LogP contribution in [-0.4, -0.2) is 67.5 Å². The topological polar surface area (TPSA) is 48.5 Å². The van der Waals surface area contributed by atoms with E-state index in [0.29, 0.717) is 0 Å². The molecule has 1 N–H and O–H groups in total. The zero-order valence-corrected chi connectivity index (χ0v) is 13.4. The van der Waals surface area contributed by atoms with Crippen LogP contribution in [0.5, 0.6) is 0 Å². The van der Waals surface area contributed by atoms with Crippen molar-refractivity contribution >= 4 is 17.2 Å². The maximum absolute atomic E-state index is 12.6. The number of rotatable bonds is 5. The lowest BCUT2D eigenvalue weighted by atomic mass is 10.2. The van der Waals surface area contributed by atoms with Crippen molar-refractivity contribution in [2.24, 2.45) is 0 Å². The molecule has 0 bridgehead atoms. The summed E-state index contributed by atoms with van der Waals surface area (Å²) in [5.74, 6) is 0.164. The molecule has 1 aromatic heterocycles. The zero-order chi connectivity index (χ0) is 14.5. The molecule has 1 fully saturated rings. The van der Waals surface area contributed by atoms with E-state index in [-0.39, 0.29) is 5.91 Å². The average Bonchev–Trinajstić information content (AvgIpc) is 2.88. The summed E-state index contributed by atoms with van der Waals surface area (Å²) in [5.41, 5.74) is 0.965. The van der Waals surface area contributed by atoms with E-state index in [9.17, 15) is 4.79 Å². The highest BCUT2D eigenvalue weighted by atomic mass is 32.1. The van der Waals surface area contributed by atoms with Gasteiger partial charge in [-0.2, -0.15) is 0 Å². The Hall–Kier alpha value is -0.980. The molecule has 6 heteroatoms. The number of piperazine rings is 1. The van der Waals surface area contributed by atoms with Crippen LogP contribution in [0.2, 0.25) is 0 Å². The van der Waals surface area contributed by atoms with Crippen LogP contribution in [-0.2, 0) is 12.8 Å². The highest BCUT2D eigenvalue weighted by Crippen LogP contribution is 2.22. The molecule has 1 amide bonds. The lowest BCUT2D eigenvalue weighted by Crippen LogP contribution is -2.46. The van der Waals surface area contributed by atoms with Gasteiger partial charge in [0.1, 0.15) is 4.88 Å². The molecule has 0 unspecified atom stereocenters. The van der Waals surface area contributed by atoms with Crippen molar-refractivity contribution in [2.45, 2.75) is 19.8 Å². The fourth-order valence-electron chi connectivity index (χ4n) is 2.25. The van der Waals surface area contributed by atoms with Crippen molar-refractivity contribution in [3.05, 3.63) is 15.6 Å². The molecule has 1 saturated heterocycles. The van der Waals surface area contributed by atoms with Gasteiger partial charge in [0.15, 0.2) is 0 Å². The summed E-state index contributed by atoms with van der Waals surface area (Å²) in [7, 11) is 4.11. The number of aromatic nitrogens is 1. The predicted octanol–water partition coefficient (Wildman–Crippen LogP) is 0.855. The Balaban J connectivity index is 2.10. The molecule has 2 heterocycles. The molecule has 0 aliphatic carbocycles. The summed E-state index contributed by atoms with van der Waals surface area (Å²) < 4.78 is 0. The average molecular weight is 296 g/mol. The van der Waals surface area contributed by atoms with E-state index in [1.165, 1.54) is 0 Å². The van der Waals surface area contributed by atoms with Crippen molar-refractivity contribution in [3.63, 3.8) is 0 Å². The maximum Gasteiger partial charge on any atom is 0.265 e. The first kappa shape index (κ1) is 15.4. The van der Waals surface area contributed by atoms with E-state index >= 15 is 0 Å². The minimum atomic E-state index is 0.164. The van der Waals surface area contributed by atoms with Crippen molar-refractivity contribution in [3.8, 4) is 0 Å². The molecule has 112 valence electrons. The smallest absolute Gasteiger partial charge is 0.265 e. The second-order valence-corrected chi connectivity index (χ2v) is 6.42. The minimum Gasteiger partial charge on any atom is -0.335 e. The van der Waals surface area contributed by atoms with Gasteiger partial charge < -0.3 is 15.1 Å². The van der Waals surface area contributed by atoms with E-state index in [1.807, 2.05) is 4.90 Å². The van der Waals surface area contributed by atoms with Gasteiger partial charge in [0.05, 0.1) is 10.7 Å². The first-order valence-corrected chi connectivity index (χ1v) is 8.06. The number of carbonyl (C=O) groups excluding carboxylic acids is 1. The molecule has 2 rings (SSSR count). The van der Waals surface area contributed by atoms with E-state index in [2.05, 4.69) is 36.2 Å². The zero-order valence-electron chi connectivity index (χ0n) is 12.6. The largest absolute Gasteiger partial charge is 0.335 e. The van der Waals surface area contributed by atoms with Crippen molar-refractivity contribution in [1.29, 1.82) is 0 Å². The second kappa shape index (κ2) is 7.15. The van der Waals surface area contributed by atoms with E-state index in [1.54, 1.807) is 11.3 Å². The fourth-order valence-corrected chi connectivity index (χ4v) is 3.35. The Labute approximate surface area is 125 Å². The number of carbonyl (C=O) groups is 1. The Kier molecular flexibility index (Phi) is 5.51. The summed E-state index contributed by atoms with van der Waals surface area (Å²) in [6.45, 7) is 6.41. The number of amides is 1. The lowest BCUT2D eigenvalue weighted by molar-refractivity contribution is 0.0739. The van der Waals surface area contributed by atoms with Crippen molar-refractivity contribution < 1.29 is 4.79 Å². The van der Waals surface area contributed by atoms with Crippen LogP contribution in [0.3, 0.4) is 0 Å². The number of aryl methyl sites for hydroxylation is 1. The monoisotopic (exact) mass is 296 g/mol. The minimum absolute atomic E-state index is 0.164. The standard InChI is InChI=1S/C14H24N4OS/c1-4-11-13(14(19)18-9-6-15-7-10-18)20-12(16-11)5-8-17(2)3/h15H,4-10H2,1-3H3. The van der Waals surface area contributed by atoms with Gasteiger partial charge in [0, 0.05) is 39.1 Å². The third-order valence-corrected chi connectivity index (χ3v) is 4.59. The van der Waals surface area contributed by atoms with Gasteiger partial charge in [-0.3, -0.25) is 4.79 Å². The molecule has 0 atom stereocenters. The normalized spacial score (nSPS) is 15.9. The van der Waals surface area contributed by atoms with Gasteiger partial charge in [-0.25, -0.2) is 4.98 Å². The molecule has 1 aliphatic rings. The Bertz CT molecular complexity index is 452. The van der Waals surface area contributed by atoms with Crippen molar-refractivity contribution in [1.82, 2.24) is 20.1 Å². The number of nitrogens with zero attached hydrogens (tertiary/aromatic N) is 3. The van der Waals surface area contributed by atoms with Gasteiger partial charge in [0.25, 0.3) is 5.91 Å². The number of thiazole rings is 1. The van der Waals surface area contributed by atoms with Crippen LogP contribution < -0.4 is 5.32 Å². The summed E-state index contributed by atoms with van der Waals surface area (Å²) in [6.07, 6.45) is 1.74. The van der Waals surface area contributed by atoms with Gasteiger partial charge >= 0.3 is 0 Å². The molecule has 0 spiro atoms. The molecule has 0 radical (unpaired) electrons. The second-order valence-electron chi connectivity index (χ2n) is 5.33. The van der Waals surface area contributed by atoms with Crippen LogP contribution in [0.1, 0.15) is 27.3 Å². The van der Waals surface area contributed by atoms with Crippen LogP contribution in [0.4, 0.5) is 0 Å². The highest BCUT2D eigenvalue weighted by molar-refractivity contribution is 7.13. The fraction of sp³-hybridized carbons (Fsp3) is 0.714. The molecular formula is C14H24N4OS. The molecule has 0 saturated carbocycles. The summed E-state index contributed by atoms with van der Waals surface area (Å²) >= 11 is 1.58. The van der Waals surface area contributed by atoms with E-state index < -0.39 is 0 Å². The maximum atomic E-state index is 12.6. The first-order valence-electron chi connectivity index (χ1n) is 7.25. The molecular weight excluding hydrogens is 272 g/mol. The van der Waals surface area contributed by atoms with Crippen LogP contribution in [0.25, 0.3) is 0 Å². The first-order chi connectivity index (χ1) is 9.61. The third kappa shape index (κ3) is 3.77. The van der Waals surface area contributed by atoms with Crippen LogP contribution >= 0.6 is 11.3 Å². The predicted molar refractivity (Wildman–Crippen MR) is 82.5 cm³/mol. The van der Waals surface area contributed by atoms with Gasteiger partial charge in [-0.05, 0) is 20.5 Å². The Morgan fingerprint density at radius 3 is 2.70 bits per heavy atom. The summed E-state index contributed by atoms with van der Waals surface area (Å²) in [4.78, 5) is 22.2. The number of hydrogen-bond acceptors (Lipinski definition) is 5. The summed E-state index contributed by atoms with van der Waals surface area (Å²) in [5, 5.41) is 4.35. The molecule has 5 nitrogen and oxygen atoms in total. The molecule has 1 aliphatic heterocycles. The Morgan fingerprint density at radius 1 is 1.40 bits per heavy atom. The van der Waals surface area contributed by atoms with Crippen LogP contribution in [0.15, 0.2) is 0 Å². The molecule has 1 aromatic rings. The number of nitrogens with one attached hydrogen (secondary N) is 1. The highest BCUT2D eigenvalue weighted by Gasteiger charge is 2.23. The quantitative estimate of drug-likeness (QED) is 0.875. The van der Waals surface area contributed by atoms with Crippen LogP contribution in [0, 0.1) is 0 Å².